The summed E-state index contributed by atoms with van der Waals surface area (Å²) in [5.41, 5.74) is -3.62. The van der Waals surface area contributed by atoms with Gasteiger partial charge in [-0.25, -0.2) is 0 Å². The summed E-state index contributed by atoms with van der Waals surface area (Å²) < 4.78 is 0. The molecule has 0 radical (unpaired) electrons. The van der Waals surface area contributed by atoms with Gasteiger partial charge in [-0.05, 0) is 32.5 Å². The van der Waals surface area contributed by atoms with E-state index in [4.69, 9.17) is 0 Å². The number of hydrogen-bond acceptors (Lipinski definition) is 4. The lowest BCUT2D eigenvalue weighted by Gasteiger charge is -2.67. The van der Waals surface area contributed by atoms with Crippen molar-refractivity contribution in [3.63, 3.8) is 0 Å². The Balaban J connectivity index is 3.31. The Morgan fingerprint density at radius 1 is 0.590 bits per heavy atom. The van der Waals surface area contributed by atoms with Gasteiger partial charge in [-0.15, -0.1) is 0 Å². The van der Waals surface area contributed by atoms with Crippen molar-refractivity contribution in [3.8, 4) is 0 Å². The van der Waals surface area contributed by atoms with Crippen LogP contribution < -0.4 is 0 Å². The van der Waals surface area contributed by atoms with Crippen molar-refractivity contribution in [3.05, 3.63) is 47.6 Å². The van der Waals surface area contributed by atoms with Gasteiger partial charge in [0, 0.05) is 11.8 Å². The van der Waals surface area contributed by atoms with Crippen molar-refractivity contribution < 1.29 is 20.4 Å². The molecule has 0 bridgehead atoms. The second-order valence-corrected chi connectivity index (χ2v) is 17.0. The Labute approximate surface area is 240 Å². The fourth-order valence-corrected chi connectivity index (χ4v) is 7.16. The highest BCUT2D eigenvalue weighted by Gasteiger charge is 2.70. The van der Waals surface area contributed by atoms with Crippen LogP contribution in [-0.4, -0.2) is 45.8 Å². The molecule has 2 rings (SSSR count). The van der Waals surface area contributed by atoms with Gasteiger partial charge in [-0.2, -0.15) is 0 Å². The predicted molar refractivity (Wildman–Crippen MR) is 164 cm³/mol. The zero-order valence-electron chi connectivity index (χ0n) is 27.5. The number of hydrogen-bond donors (Lipinski definition) is 4. The minimum absolute atomic E-state index is 0.298. The van der Waals surface area contributed by atoms with Gasteiger partial charge in [0.1, 0.15) is 0 Å². The van der Waals surface area contributed by atoms with Crippen LogP contribution in [0.4, 0.5) is 0 Å². The van der Waals surface area contributed by atoms with Crippen molar-refractivity contribution in [1.82, 2.24) is 0 Å². The van der Waals surface area contributed by atoms with E-state index < -0.39 is 53.5 Å². The van der Waals surface area contributed by atoms with Crippen LogP contribution >= 0.6 is 0 Å². The molecule has 0 aromatic rings. The largest absolute Gasteiger partial charge is 0.395 e. The van der Waals surface area contributed by atoms with Gasteiger partial charge < -0.3 is 20.4 Å². The molecular formula is C35H60O4. The van der Waals surface area contributed by atoms with Crippen molar-refractivity contribution in [2.75, 3.05) is 19.8 Å². The number of allylic oxidation sites excluding steroid dienone is 6. The highest BCUT2D eigenvalue weighted by atomic mass is 16.3. The number of aliphatic hydroxyl groups is 4. The Bertz CT molecular complexity index is 933. The van der Waals surface area contributed by atoms with Crippen LogP contribution in [0.1, 0.15) is 96.9 Å². The van der Waals surface area contributed by atoms with Crippen molar-refractivity contribution in [2.24, 2.45) is 49.7 Å². The zero-order valence-corrected chi connectivity index (χ0v) is 27.5. The smallest absolute Gasteiger partial charge is 0.0917 e. The molecule has 4 atom stereocenters. The summed E-state index contributed by atoms with van der Waals surface area (Å²) in [5.74, 6) is -1.05. The Hall–Kier alpha value is -1.20. The highest BCUT2D eigenvalue weighted by molar-refractivity contribution is 5.43. The van der Waals surface area contributed by atoms with E-state index in [0.29, 0.717) is 0 Å². The molecule has 39 heavy (non-hydrogen) atoms. The average molecular weight is 545 g/mol. The molecule has 4 unspecified atom stereocenters. The van der Waals surface area contributed by atoms with Crippen LogP contribution in [0.25, 0.3) is 0 Å². The third-order valence-electron chi connectivity index (χ3n) is 10.9. The molecule has 0 aromatic carbocycles. The van der Waals surface area contributed by atoms with E-state index in [0.717, 1.165) is 11.1 Å². The SMILES string of the molecule is CC(C)(C)C1=CC=CC(C)(C(C)(C)C)C1C(O)(C1C(C(C)(C)C)=CC=CC1(C)C(C)(C)C)C(CO)(CO)CO. The second-order valence-electron chi connectivity index (χ2n) is 17.0. The highest BCUT2D eigenvalue weighted by Crippen LogP contribution is 2.68. The lowest BCUT2D eigenvalue weighted by Crippen LogP contribution is -2.72. The van der Waals surface area contributed by atoms with Crippen molar-refractivity contribution in [2.45, 2.75) is 103 Å². The lowest BCUT2D eigenvalue weighted by atomic mass is 9.39. The maximum absolute atomic E-state index is 14.0. The van der Waals surface area contributed by atoms with Crippen LogP contribution in [0.15, 0.2) is 47.6 Å². The molecule has 0 aliphatic heterocycles. The molecule has 2 aliphatic rings. The van der Waals surface area contributed by atoms with Gasteiger partial charge in [-0.1, -0.05) is 145 Å². The molecule has 0 aromatic heterocycles. The molecule has 0 saturated carbocycles. The molecule has 0 heterocycles. The van der Waals surface area contributed by atoms with Crippen LogP contribution in [0.5, 0.6) is 0 Å². The summed E-state index contributed by atoms with van der Waals surface area (Å²) in [7, 11) is 0. The van der Waals surface area contributed by atoms with E-state index in [2.05, 4.69) is 133 Å². The summed E-state index contributed by atoms with van der Waals surface area (Å²) in [5, 5.41) is 47.4. The van der Waals surface area contributed by atoms with Gasteiger partial charge in [0.25, 0.3) is 0 Å². The summed E-state index contributed by atoms with van der Waals surface area (Å²) in [6.45, 7) is 28.9. The molecule has 4 nitrogen and oxygen atoms in total. The van der Waals surface area contributed by atoms with E-state index in [9.17, 15) is 20.4 Å². The van der Waals surface area contributed by atoms with E-state index >= 15 is 0 Å². The quantitative estimate of drug-likeness (QED) is 0.287. The first-order valence-electron chi connectivity index (χ1n) is 14.7. The summed E-state index contributed by atoms with van der Waals surface area (Å²) >= 11 is 0. The molecule has 224 valence electrons. The van der Waals surface area contributed by atoms with Crippen LogP contribution in [0.3, 0.4) is 0 Å². The average Bonchev–Trinajstić information content (AvgIpc) is 2.77. The molecule has 0 amide bonds. The van der Waals surface area contributed by atoms with E-state index in [1.54, 1.807) is 0 Å². The monoisotopic (exact) mass is 544 g/mol. The van der Waals surface area contributed by atoms with Crippen molar-refractivity contribution in [1.29, 1.82) is 0 Å². The minimum atomic E-state index is -1.75. The third kappa shape index (κ3) is 5.17. The predicted octanol–water partition coefficient (Wildman–Crippen LogP) is 7.10. The first kappa shape index (κ1) is 34.0. The fourth-order valence-electron chi connectivity index (χ4n) is 7.16. The Morgan fingerprint density at radius 3 is 1.08 bits per heavy atom. The number of rotatable bonds is 6. The first-order valence-corrected chi connectivity index (χ1v) is 14.7. The van der Waals surface area contributed by atoms with Crippen molar-refractivity contribution >= 4 is 0 Å². The maximum Gasteiger partial charge on any atom is 0.0917 e. The number of aliphatic hydroxyl groups excluding tert-OH is 3. The molecule has 0 saturated heterocycles. The lowest BCUT2D eigenvalue weighted by molar-refractivity contribution is -0.245. The van der Waals surface area contributed by atoms with E-state index in [-0.39, 0.29) is 21.7 Å². The second kappa shape index (κ2) is 10.3. The molecule has 4 heteroatoms. The van der Waals surface area contributed by atoms with Gasteiger partial charge in [0.05, 0.1) is 30.8 Å². The Morgan fingerprint density at radius 2 is 0.872 bits per heavy atom. The summed E-state index contributed by atoms with van der Waals surface area (Å²) in [4.78, 5) is 0. The van der Waals surface area contributed by atoms with Gasteiger partial charge in [-0.3, -0.25) is 0 Å². The molecule has 2 aliphatic carbocycles. The Kier molecular flexibility index (Phi) is 8.95. The van der Waals surface area contributed by atoms with Crippen LogP contribution in [-0.2, 0) is 0 Å². The summed E-state index contributed by atoms with van der Waals surface area (Å²) in [6.07, 6.45) is 12.8. The van der Waals surface area contributed by atoms with E-state index in [1.165, 1.54) is 0 Å². The standard InChI is InChI=1S/C35H60O4/c1-28(2,3)24-17-15-19-32(13,30(7,8)9)26(24)35(39,34(21-36,22-37)23-38)27-25(29(4,5)6)18-16-20-33(27,14)31(10,11)12/h15-20,26-27,36-39H,21-23H2,1-14H3. The first-order chi connectivity index (χ1) is 17.4. The molecule has 0 fully saturated rings. The zero-order chi connectivity index (χ0) is 30.7. The fraction of sp³-hybridized carbons (Fsp3) is 0.771. The van der Waals surface area contributed by atoms with Gasteiger partial charge in [0.15, 0.2) is 0 Å². The van der Waals surface area contributed by atoms with Gasteiger partial charge >= 0.3 is 0 Å². The minimum Gasteiger partial charge on any atom is -0.395 e. The van der Waals surface area contributed by atoms with E-state index in [1.807, 2.05) is 0 Å². The van der Waals surface area contributed by atoms with Gasteiger partial charge in [0.2, 0.25) is 0 Å². The third-order valence-corrected chi connectivity index (χ3v) is 10.9. The normalized spacial score (nSPS) is 30.6. The summed E-state index contributed by atoms with van der Waals surface area (Å²) in [6, 6.07) is 0. The molecule has 4 N–H and O–H groups in total. The van der Waals surface area contributed by atoms with Crippen LogP contribution in [0.2, 0.25) is 0 Å². The van der Waals surface area contributed by atoms with Crippen LogP contribution in [0, 0.1) is 49.7 Å². The maximum atomic E-state index is 14.0. The topological polar surface area (TPSA) is 80.9 Å². The molecular weight excluding hydrogens is 484 g/mol. The molecule has 0 spiro atoms.